The van der Waals surface area contributed by atoms with Crippen LogP contribution in [0.1, 0.15) is 46.4 Å². The fourth-order valence-electron chi connectivity index (χ4n) is 4.19. The highest BCUT2D eigenvalue weighted by atomic mass is 19.1. The second-order valence-electron chi connectivity index (χ2n) is 7.78. The number of hydrogen-bond acceptors (Lipinski definition) is 3. The highest BCUT2D eigenvalue weighted by Gasteiger charge is 2.31. The van der Waals surface area contributed by atoms with E-state index < -0.39 is 23.3 Å². The van der Waals surface area contributed by atoms with Gasteiger partial charge in [-0.3, -0.25) is 14.4 Å². The third-order valence-corrected chi connectivity index (χ3v) is 5.75. The third-order valence-electron chi connectivity index (χ3n) is 5.75. The molecule has 2 aliphatic heterocycles. The maximum absolute atomic E-state index is 14.0. The number of carbonyl (C=O) groups is 3. The Balaban J connectivity index is 1.51. The SMILES string of the molecule is O=C(c1cc(F)ccc1F)C1CCCN(C(=O)c2cccc(N3CCCC3=O)c2)C1. The van der Waals surface area contributed by atoms with Gasteiger partial charge in [-0.2, -0.15) is 0 Å². The predicted molar refractivity (Wildman–Crippen MR) is 107 cm³/mol. The summed E-state index contributed by atoms with van der Waals surface area (Å²) in [7, 11) is 0. The fourth-order valence-corrected chi connectivity index (χ4v) is 4.19. The maximum Gasteiger partial charge on any atom is 0.253 e. The second-order valence-corrected chi connectivity index (χ2v) is 7.78. The number of benzene rings is 2. The van der Waals surface area contributed by atoms with Crippen molar-refractivity contribution in [1.82, 2.24) is 4.90 Å². The average molecular weight is 412 g/mol. The van der Waals surface area contributed by atoms with Crippen molar-refractivity contribution in [1.29, 1.82) is 0 Å². The zero-order chi connectivity index (χ0) is 21.3. The molecule has 0 bridgehead atoms. The van der Waals surface area contributed by atoms with Crippen LogP contribution in [0.5, 0.6) is 0 Å². The lowest BCUT2D eigenvalue weighted by Crippen LogP contribution is -2.42. The fraction of sp³-hybridized carbons (Fsp3) is 0.348. The highest BCUT2D eigenvalue weighted by molar-refractivity contribution is 6.01. The monoisotopic (exact) mass is 412 g/mol. The summed E-state index contributed by atoms with van der Waals surface area (Å²) < 4.78 is 27.5. The van der Waals surface area contributed by atoms with Crippen molar-refractivity contribution >= 4 is 23.3 Å². The predicted octanol–water partition coefficient (Wildman–Crippen LogP) is 3.83. The summed E-state index contributed by atoms with van der Waals surface area (Å²) in [5.74, 6) is -2.69. The molecule has 0 aliphatic carbocycles. The Labute approximate surface area is 173 Å². The van der Waals surface area contributed by atoms with Crippen molar-refractivity contribution in [3.63, 3.8) is 0 Å². The van der Waals surface area contributed by atoms with Crippen molar-refractivity contribution in [2.75, 3.05) is 24.5 Å². The first-order valence-corrected chi connectivity index (χ1v) is 10.1. The van der Waals surface area contributed by atoms with Crippen LogP contribution in [-0.2, 0) is 4.79 Å². The van der Waals surface area contributed by atoms with Gasteiger partial charge in [0.15, 0.2) is 5.78 Å². The molecule has 0 N–H and O–H groups in total. The molecule has 0 aromatic heterocycles. The van der Waals surface area contributed by atoms with Gasteiger partial charge in [0, 0.05) is 43.2 Å². The van der Waals surface area contributed by atoms with Crippen molar-refractivity contribution in [3.8, 4) is 0 Å². The Kier molecular flexibility index (Phi) is 5.61. The number of ketones is 1. The van der Waals surface area contributed by atoms with E-state index in [-0.39, 0.29) is 23.9 Å². The Hall–Kier alpha value is -3.09. The topological polar surface area (TPSA) is 57.7 Å². The number of likely N-dealkylation sites (tertiary alicyclic amines) is 1. The van der Waals surface area contributed by atoms with E-state index >= 15 is 0 Å². The van der Waals surface area contributed by atoms with E-state index in [1.54, 1.807) is 34.1 Å². The van der Waals surface area contributed by atoms with Crippen LogP contribution in [0.2, 0.25) is 0 Å². The Morgan fingerprint density at radius 1 is 1.00 bits per heavy atom. The van der Waals surface area contributed by atoms with Gasteiger partial charge in [0.1, 0.15) is 11.6 Å². The second kappa shape index (κ2) is 8.34. The van der Waals surface area contributed by atoms with Crippen molar-refractivity contribution < 1.29 is 23.2 Å². The molecule has 4 rings (SSSR count). The number of Topliss-reactive ketones (excluding diaryl/α,β-unsaturated/α-hetero) is 1. The number of nitrogens with zero attached hydrogens (tertiary/aromatic N) is 2. The van der Waals surface area contributed by atoms with Crippen LogP contribution in [0.15, 0.2) is 42.5 Å². The lowest BCUT2D eigenvalue weighted by molar-refractivity contribution is -0.117. The molecule has 2 amide bonds. The molecule has 1 atom stereocenters. The smallest absolute Gasteiger partial charge is 0.253 e. The van der Waals surface area contributed by atoms with Gasteiger partial charge in [0.25, 0.3) is 5.91 Å². The van der Waals surface area contributed by atoms with Crippen molar-refractivity contribution in [2.45, 2.75) is 25.7 Å². The third kappa shape index (κ3) is 3.97. The van der Waals surface area contributed by atoms with E-state index in [4.69, 9.17) is 0 Å². The molecule has 2 saturated heterocycles. The Morgan fingerprint density at radius 2 is 1.83 bits per heavy atom. The van der Waals surface area contributed by atoms with E-state index in [0.717, 1.165) is 24.6 Å². The van der Waals surface area contributed by atoms with Gasteiger partial charge in [-0.25, -0.2) is 8.78 Å². The van der Waals surface area contributed by atoms with Crippen LogP contribution in [0.3, 0.4) is 0 Å². The molecular weight excluding hydrogens is 390 g/mol. The molecule has 156 valence electrons. The van der Waals surface area contributed by atoms with Crippen LogP contribution in [0, 0.1) is 17.6 Å². The van der Waals surface area contributed by atoms with E-state index in [1.165, 1.54) is 0 Å². The number of carbonyl (C=O) groups excluding carboxylic acids is 3. The van der Waals surface area contributed by atoms with Gasteiger partial charge in [-0.15, -0.1) is 0 Å². The van der Waals surface area contributed by atoms with Gasteiger partial charge >= 0.3 is 0 Å². The summed E-state index contributed by atoms with van der Waals surface area (Å²) in [6.07, 6.45) is 2.42. The quantitative estimate of drug-likeness (QED) is 0.718. The molecule has 2 heterocycles. The lowest BCUT2D eigenvalue weighted by atomic mass is 9.89. The average Bonchev–Trinajstić information content (AvgIpc) is 3.20. The van der Waals surface area contributed by atoms with Gasteiger partial charge < -0.3 is 9.80 Å². The Bertz CT molecular complexity index is 1010. The molecule has 0 radical (unpaired) electrons. The van der Waals surface area contributed by atoms with Crippen molar-refractivity contribution in [3.05, 3.63) is 65.2 Å². The summed E-state index contributed by atoms with van der Waals surface area (Å²) >= 11 is 0. The molecule has 0 saturated carbocycles. The minimum atomic E-state index is -0.757. The lowest BCUT2D eigenvalue weighted by Gasteiger charge is -2.32. The van der Waals surface area contributed by atoms with Gasteiger partial charge in [-0.1, -0.05) is 6.07 Å². The number of piperidine rings is 1. The molecule has 5 nitrogen and oxygen atoms in total. The Morgan fingerprint density at radius 3 is 2.60 bits per heavy atom. The minimum absolute atomic E-state index is 0.0420. The number of halogens is 2. The first kappa shape index (κ1) is 20.2. The first-order valence-electron chi connectivity index (χ1n) is 10.1. The standard InChI is InChI=1S/C23H22F2N2O3/c24-17-8-9-20(25)19(13-17)22(29)16-5-2-10-26(14-16)23(30)15-4-1-6-18(12-15)27-11-3-7-21(27)28/h1,4,6,8-9,12-13,16H,2-3,5,7,10-11,14H2. The summed E-state index contributed by atoms with van der Waals surface area (Å²) in [5, 5.41) is 0. The van der Waals surface area contributed by atoms with Gasteiger partial charge in [-0.05, 0) is 55.7 Å². The van der Waals surface area contributed by atoms with Crippen LogP contribution in [-0.4, -0.2) is 42.1 Å². The molecule has 7 heteroatoms. The van der Waals surface area contributed by atoms with E-state index in [1.807, 2.05) is 0 Å². The zero-order valence-corrected chi connectivity index (χ0v) is 16.4. The molecule has 1 unspecified atom stereocenters. The number of anilines is 1. The maximum atomic E-state index is 14.0. The molecule has 2 aromatic carbocycles. The van der Waals surface area contributed by atoms with Crippen LogP contribution >= 0.6 is 0 Å². The van der Waals surface area contributed by atoms with Crippen LogP contribution in [0.4, 0.5) is 14.5 Å². The minimum Gasteiger partial charge on any atom is -0.338 e. The molecule has 2 fully saturated rings. The molecular formula is C23H22F2N2O3. The van der Waals surface area contributed by atoms with Crippen LogP contribution in [0.25, 0.3) is 0 Å². The molecule has 0 spiro atoms. The van der Waals surface area contributed by atoms with E-state index in [9.17, 15) is 23.2 Å². The summed E-state index contributed by atoms with van der Waals surface area (Å²) in [4.78, 5) is 41.1. The molecule has 2 aliphatic rings. The van der Waals surface area contributed by atoms with Gasteiger partial charge in [0.2, 0.25) is 5.91 Å². The highest BCUT2D eigenvalue weighted by Crippen LogP contribution is 2.26. The van der Waals surface area contributed by atoms with Gasteiger partial charge in [0.05, 0.1) is 5.56 Å². The normalized spacial score (nSPS) is 19.3. The molecule has 30 heavy (non-hydrogen) atoms. The van der Waals surface area contributed by atoms with E-state index in [0.29, 0.717) is 43.6 Å². The number of amides is 2. The largest absolute Gasteiger partial charge is 0.338 e. The summed E-state index contributed by atoms with van der Waals surface area (Å²) in [5.41, 5.74) is 0.857. The first-order chi connectivity index (χ1) is 14.4. The van der Waals surface area contributed by atoms with Crippen molar-refractivity contribution in [2.24, 2.45) is 5.92 Å². The zero-order valence-electron chi connectivity index (χ0n) is 16.4. The van der Waals surface area contributed by atoms with E-state index in [2.05, 4.69) is 0 Å². The molecule has 2 aromatic rings. The summed E-state index contributed by atoms with van der Waals surface area (Å²) in [6.45, 7) is 1.28. The number of rotatable bonds is 4. The number of hydrogen-bond donors (Lipinski definition) is 0. The summed E-state index contributed by atoms with van der Waals surface area (Å²) in [6, 6.07) is 9.75. The van der Waals surface area contributed by atoms with Crippen LogP contribution < -0.4 is 4.90 Å².